The second-order valence-corrected chi connectivity index (χ2v) is 6.64. The summed E-state index contributed by atoms with van der Waals surface area (Å²) >= 11 is 12.2. The Morgan fingerprint density at radius 2 is 1.88 bits per heavy atom. The number of halogens is 2. The second kappa shape index (κ2) is 7.35. The first-order valence-corrected chi connectivity index (χ1v) is 8.51. The minimum atomic E-state index is -1.08. The van der Waals surface area contributed by atoms with Crippen molar-refractivity contribution >= 4 is 52.4 Å². The molecule has 134 valence electrons. The molecule has 2 amide bonds. The molecule has 6 nitrogen and oxygen atoms in total. The van der Waals surface area contributed by atoms with Crippen molar-refractivity contribution in [2.24, 2.45) is 5.92 Å². The van der Waals surface area contributed by atoms with Crippen LogP contribution in [0.1, 0.15) is 16.8 Å². The smallest absolute Gasteiger partial charge is 0.335 e. The van der Waals surface area contributed by atoms with Crippen molar-refractivity contribution in [3.8, 4) is 0 Å². The first kappa shape index (κ1) is 18.2. The molecule has 2 N–H and O–H groups in total. The quantitative estimate of drug-likeness (QED) is 0.830. The van der Waals surface area contributed by atoms with Gasteiger partial charge in [0.05, 0.1) is 27.2 Å². The van der Waals surface area contributed by atoms with Crippen LogP contribution in [0.3, 0.4) is 0 Å². The first-order chi connectivity index (χ1) is 12.4. The number of aromatic carboxylic acids is 1. The summed E-state index contributed by atoms with van der Waals surface area (Å²) in [6, 6.07) is 10.9. The van der Waals surface area contributed by atoms with Gasteiger partial charge in [0.2, 0.25) is 11.8 Å². The molecule has 1 heterocycles. The highest BCUT2D eigenvalue weighted by atomic mass is 35.5. The number of hydrogen-bond acceptors (Lipinski definition) is 3. The van der Waals surface area contributed by atoms with Gasteiger partial charge in [-0.25, -0.2) is 4.79 Å². The van der Waals surface area contributed by atoms with E-state index in [1.807, 2.05) is 0 Å². The molecular weight excluding hydrogens is 379 g/mol. The zero-order chi connectivity index (χ0) is 18.8. The Hall–Kier alpha value is -2.57. The van der Waals surface area contributed by atoms with Gasteiger partial charge >= 0.3 is 5.97 Å². The fourth-order valence-corrected chi connectivity index (χ4v) is 3.19. The average molecular weight is 393 g/mol. The summed E-state index contributed by atoms with van der Waals surface area (Å²) in [6.07, 6.45) is 0.0350. The van der Waals surface area contributed by atoms with Crippen molar-refractivity contribution in [3.63, 3.8) is 0 Å². The number of anilines is 2. The molecule has 2 aromatic rings. The number of hydrogen-bond donors (Lipinski definition) is 2. The summed E-state index contributed by atoms with van der Waals surface area (Å²) in [5.41, 5.74) is 0.895. The number of amides is 2. The van der Waals surface area contributed by atoms with Crippen LogP contribution in [0.25, 0.3) is 0 Å². The molecule has 0 aromatic heterocycles. The molecule has 1 saturated heterocycles. The zero-order valence-corrected chi connectivity index (χ0v) is 14.9. The Balaban J connectivity index is 1.74. The third-order valence-electron chi connectivity index (χ3n) is 4.09. The van der Waals surface area contributed by atoms with E-state index in [0.29, 0.717) is 16.4 Å². The average Bonchev–Trinajstić information content (AvgIpc) is 2.99. The SMILES string of the molecule is O=C(O)c1cccc(NC(=O)[C@H]2CC(=O)N(c3cccc(Cl)c3Cl)C2)c1. The zero-order valence-electron chi connectivity index (χ0n) is 13.4. The highest BCUT2D eigenvalue weighted by molar-refractivity contribution is 6.44. The van der Waals surface area contributed by atoms with Crippen LogP contribution in [0.4, 0.5) is 11.4 Å². The standard InChI is InChI=1S/C18H14Cl2N2O4/c19-13-5-2-6-14(16(13)20)22-9-11(8-15(22)23)17(24)21-12-4-1-3-10(7-12)18(25)26/h1-7,11H,8-9H2,(H,21,24)(H,25,26)/t11-/m0/s1. The number of carboxylic acid groups (broad SMARTS) is 1. The van der Waals surface area contributed by atoms with E-state index in [1.165, 1.54) is 23.1 Å². The van der Waals surface area contributed by atoms with Crippen molar-refractivity contribution in [3.05, 3.63) is 58.1 Å². The van der Waals surface area contributed by atoms with E-state index in [0.717, 1.165) is 0 Å². The highest BCUT2D eigenvalue weighted by Gasteiger charge is 2.36. The van der Waals surface area contributed by atoms with Crippen molar-refractivity contribution < 1.29 is 19.5 Å². The van der Waals surface area contributed by atoms with Crippen LogP contribution in [0.15, 0.2) is 42.5 Å². The number of benzene rings is 2. The van der Waals surface area contributed by atoms with Crippen LogP contribution < -0.4 is 10.2 Å². The molecule has 0 unspecified atom stereocenters. The summed E-state index contributed by atoms with van der Waals surface area (Å²) < 4.78 is 0. The van der Waals surface area contributed by atoms with Gasteiger partial charge in [0, 0.05) is 18.7 Å². The number of nitrogens with zero attached hydrogens (tertiary/aromatic N) is 1. The molecule has 0 spiro atoms. The maximum Gasteiger partial charge on any atom is 0.335 e. The van der Waals surface area contributed by atoms with Gasteiger partial charge in [0.1, 0.15) is 0 Å². The van der Waals surface area contributed by atoms with Crippen LogP contribution in [-0.4, -0.2) is 29.4 Å². The molecule has 26 heavy (non-hydrogen) atoms. The lowest BCUT2D eigenvalue weighted by molar-refractivity contribution is -0.122. The van der Waals surface area contributed by atoms with Crippen molar-refractivity contribution in [1.29, 1.82) is 0 Å². The van der Waals surface area contributed by atoms with Gasteiger partial charge in [-0.3, -0.25) is 9.59 Å². The van der Waals surface area contributed by atoms with Gasteiger partial charge in [-0.1, -0.05) is 35.3 Å². The first-order valence-electron chi connectivity index (χ1n) is 7.75. The molecule has 1 fully saturated rings. The Labute approximate surface area is 159 Å². The Kier molecular flexibility index (Phi) is 5.15. The number of rotatable bonds is 4. The molecule has 8 heteroatoms. The third kappa shape index (κ3) is 3.66. The van der Waals surface area contributed by atoms with E-state index in [1.54, 1.807) is 24.3 Å². The van der Waals surface area contributed by atoms with Crippen LogP contribution in [0, 0.1) is 5.92 Å². The van der Waals surface area contributed by atoms with E-state index in [9.17, 15) is 14.4 Å². The van der Waals surface area contributed by atoms with Gasteiger partial charge in [-0.15, -0.1) is 0 Å². The summed E-state index contributed by atoms with van der Waals surface area (Å²) in [5.74, 6) is -2.25. The van der Waals surface area contributed by atoms with Crippen molar-refractivity contribution in [2.45, 2.75) is 6.42 Å². The molecule has 1 atom stereocenters. The number of carboxylic acids is 1. The third-order valence-corrected chi connectivity index (χ3v) is 4.90. The lowest BCUT2D eigenvalue weighted by Gasteiger charge is -2.18. The largest absolute Gasteiger partial charge is 0.478 e. The maximum absolute atomic E-state index is 12.5. The topological polar surface area (TPSA) is 86.7 Å². The molecule has 0 aliphatic carbocycles. The summed E-state index contributed by atoms with van der Waals surface area (Å²) in [5, 5.41) is 12.3. The predicted octanol–water partition coefficient (Wildman–Crippen LogP) is 3.68. The minimum Gasteiger partial charge on any atom is -0.478 e. The number of carbonyl (C=O) groups is 3. The van der Waals surface area contributed by atoms with Crippen molar-refractivity contribution in [1.82, 2.24) is 0 Å². The molecule has 0 bridgehead atoms. The second-order valence-electron chi connectivity index (χ2n) is 5.85. The van der Waals surface area contributed by atoms with Gasteiger partial charge < -0.3 is 15.3 Å². The maximum atomic E-state index is 12.5. The van der Waals surface area contributed by atoms with Crippen LogP contribution >= 0.6 is 23.2 Å². The van der Waals surface area contributed by atoms with E-state index in [2.05, 4.69) is 5.32 Å². The Bertz CT molecular complexity index is 901. The van der Waals surface area contributed by atoms with Gasteiger partial charge in [0.25, 0.3) is 0 Å². The Morgan fingerprint density at radius 1 is 1.15 bits per heavy atom. The van der Waals surface area contributed by atoms with Crippen LogP contribution in [0.2, 0.25) is 10.0 Å². The minimum absolute atomic E-state index is 0.0350. The van der Waals surface area contributed by atoms with E-state index < -0.39 is 11.9 Å². The lowest BCUT2D eigenvalue weighted by atomic mass is 10.1. The summed E-state index contributed by atoms with van der Waals surface area (Å²) in [4.78, 5) is 37.2. The molecule has 3 rings (SSSR count). The van der Waals surface area contributed by atoms with Crippen LogP contribution in [-0.2, 0) is 9.59 Å². The highest BCUT2D eigenvalue weighted by Crippen LogP contribution is 2.35. The molecule has 1 aliphatic rings. The monoisotopic (exact) mass is 392 g/mol. The normalized spacial score (nSPS) is 16.6. The molecule has 0 saturated carbocycles. The lowest BCUT2D eigenvalue weighted by Crippen LogP contribution is -2.28. The van der Waals surface area contributed by atoms with Gasteiger partial charge in [0.15, 0.2) is 0 Å². The molecular formula is C18H14Cl2N2O4. The van der Waals surface area contributed by atoms with Crippen molar-refractivity contribution in [2.75, 3.05) is 16.8 Å². The molecule has 2 aromatic carbocycles. The van der Waals surface area contributed by atoms with E-state index in [-0.39, 0.29) is 35.4 Å². The van der Waals surface area contributed by atoms with Gasteiger partial charge in [-0.05, 0) is 30.3 Å². The van der Waals surface area contributed by atoms with E-state index >= 15 is 0 Å². The molecule has 0 radical (unpaired) electrons. The summed E-state index contributed by atoms with van der Waals surface area (Å²) in [6.45, 7) is 0.170. The fourth-order valence-electron chi connectivity index (χ4n) is 2.79. The molecule has 1 aliphatic heterocycles. The van der Waals surface area contributed by atoms with E-state index in [4.69, 9.17) is 28.3 Å². The number of nitrogens with one attached hydrogen (secondary N) is 1. The fraction of sp³-hybridized carbons (Fsp3) is 0.167. The predicted molar refractivity (Wildman–Crippen MR) is 99.0 cm³/mol. The van der Waals surface area contributed by atoms with Crippen LogP contribution in [0.5, 0.6) is 0 Å². The van der Waals surface area contributed by atoms with Gasteiger partial charge in [-0.2, -0.15) is 0 Å². The number of carbonyl (C=O) groups excluding carboxylic acids is 2. The Morgan fingerprint density at radius 3 is 2.62 bits per heavy atom. The summed E-state index contributed by atoms with van der Waals surface area (Å²) in [7, 11) is 0.